The Kier molecular flexibility index (Phi) is 11.8. The van der Waals surface area contributed by atoms with Crippen LogP contribution in [0.15, 0.2) is 0 Å². The quantitative estimate of drug-likeness (QED) is 0.615. The average Bonchev–Trinajstić information content (AvgIpc) is 2.52. The van der Waals surface area contributed by atoms with Crippen molar-refractivity contribution in [1.82, 2.24) is 4.90 Å². The second kappa shape index (κ2) is 12.4. The van der Waals surface area contributed by atoms with Gasteiger partial charge in [0.25, 0.3) is 0 Å². The predicted octanol–water partition coefficient (Wildman–Crippen LogP) is 2.68. The summed E-state index contributed by atoms with van der Waals surface area (Å²) in [5.41, 5.74) is 0. The van der Waals surface area contributed by atoms with Crippen LogP contribution in [0.25, 0.3) is 5.32 Å². The summed E-state index contributed by atoms with van der Waals surface area (Å²) in [6, 6.07) is 0. The zero-order chi connectivity index (χ0) is 14.0. The van der Waals surface area contributed by atoms with Crippen LogP contribution in [0, 0.1) is 5.92 Å². The van der Waals surface area contributed by atoms with Gasteiger partial charge in [-0.15, -0.1) is 13.1 Å². The van der Waals surface area contributed by atoms with E-state index < -0.39 is 0 Å². The second-order valence-electron chi connectivity index (χ2n) is 6.05. The third-order valence-electron chi connectivity index (χ3n) is 4.64. The van der Waals surface area contributed by atoms with Crippen molar-refractivity contribution >= 4 is 0 Å². The van der Waals surface area contributed by atoms with E-state index in [-0.39, 0.29) is 32.7 Å². The maximum Gasteiger partial charge on any atom is 0.0704 e. The Hall–Kier alpha value is 0.944. The van der Waals surface area contributed by atoms with Crippen LogP contribution in [-0.2, 0) is 42.2 Å². The Bertz CT molecular complexity index is 242. The zero-order valence-electron chi connectivity index (χ0n) is 13.6. The van der Waals surface area contributed by atoms with E-state index in [0.717, 1.165) is 58.2 Å². The average molecular weight is 372 g/mol. The maximum atomic E-state index is 5.80. The summed E-state index contributed by atoms with van der Waals surface area (Å²) >= 11 is 0. The largest absolute Gasteiger partial charge is 0.662 e. The van der Waals surface area contributed by atoms with Gasteiger partial charge in [0.15, 0.2) is 0 Å². The zero-order valence-corrected chi connectivity index (χ0v) is 16.5. The topological polar surface area (TPSA) is 35.8 Å². The van der Waals surface area contributed by atoms with Crippen molar-refractivity contribution in [3.8, 4) is 0 Å². The molecule has 2 saturated heterocycles. The molecule has 2 aliphatic rings. The van der Waals surface area contributed by atoms with Gasteiger partial charge >= 0.3 is 0 Å². The van der Waals surface area contributed by atoms with Crippen molar-refractivity contribution in [2.24, 2.45) is 5.92 Å². The first-order valence-electron chi connectivity index (χ1n) is 8.43. The van der Waals surface area contributed by atoms with Gasteiger partial charge in [0.2, 0.25) is 0 Å². The molecule has 121 valence electrons. The Labute approximate surface area is 155 Å². The molecule has 0 N–H and O–H groups in total. The van der Waals surface area contributed by atoms with Gasteiger partial charge in [-0.25, -0.2) is 0 Å². The van der Waals surface area contributed by atoms with Crippen molar-refractivity contribution < 1.29 is 42.2 Å². The van der Waals surface area contributed by atoms with Crippen LogP contribution in [0.1, 0.15) is 39.0 Å². The number of hydrogen-bond donors (Lipinski definition) is 0. The molecule has 0 saturated carbocycles. The summed E-state index contributed by atoms with van der Waals surface area (Å²) in [6.45, 7) is 10.2. The summed E-state index contributed by atoms with van der Waals surface area (Å²) in [4.78, 5) is 2.54. The molecular formula is C16H31N2O2Y-. The van der Waals surface area contributed by atoms with Crippen LogP contribution in [0.5, 0.6) is 0 Å². The standard InChI is InChI=1S/C16H31N2O2.Y/c1-2-15-5-9-18(10-6-15)11-12-19-13-14-20-16-3-7-17-8-4-16;/h15-16H,2-14H2,1H3;/q-1;. The summed E-state index contributed by atoms with van der Waals surface area (Å²) in [5, 5.41) is 4.33. The van der Waals surface area contributed by atoms with Crippen LogP contribution < -0.4 is 0 Å². The van der Waals surface area contributed by atoms with Crippen LogP contribution >= 0.6 is 0 Å². The van der Waals surface area contributed by atoms with Gasteiger partial charge in [0, 0.05) is 39.3 Å². The third kappa shape index (κ3) is 8.38. The fraction of sp³-hybridized carbons (Fsp3) is 1.00. The van der Waals surface area contributed by atoms with Crippen molar-refractivity contribution in [3.05, 3.63) is 5.32 Å². The molecule has 0 aliphatic carbocycles. The molecule has 1 radical (unpaired) electrons. The molecule has 0 aromatic carbocycles. The fourth-order valence-corrected chi connectivity index (χ4v) is 3.08. The number of likely N-dealkylation sites (tertiary alicyclic amines) is 1. The molecule has 0 unspecified atom stereocenters. The minimum absolute atomic E-state index is 0. The number of ether oxygens (including phenoxy) is 2. The van der Waals surface area contributed by atoms with E-state index in [0.29, 0.717) is 6.10 Å². The second-order valence-corrected chi connectivity index (χ2v) is 6.05. The molecule has 0 spiro atoms. The van der Waals surface area contributed by atoms with Gasteiger partial charge in [-0.2, -0.15) is 0 Å². The van der Waals surface area contributed by atoms with E-state index in [4.69, 9.17) is 9.47 Å². The van der Waals surface area contributed by atoms with Crippen molar-refractivity contribution in [2.75, 3.05) is 52.5 Å². The Morgan fingerprint density at radius 3 is 2.38 bits per heavy atom. The first-order valence-corrected chi connectivity index (χ1v) is 8.43. The molecule has 2 aliphatic heterocycles. The molecule has 5 heteroatoms. The van der Waals surface area contributed by atoms with Crippen molar-refractivity contribution in [2.45, 2.75) is 45.1 Å². The SMILES string of the molecule is CCC1CCN(CCOCCOC2CC[N-]CC2)CC1.[Y]. The van der Waals surface area contributed by atoms with E-state index in [9.17, 15) is 0 Å². The third-order valence-corrected chi connectivity index (χ3v) is 4.64. The Morgan fingerprint density at radius 2 is 1.71 bits per heavy atom. The summed E-state index contributed by atoms with van der Waals surface area (Å²) in [5.74, 6) is 0.961. The minimum atomic E-state index is 0. The van der Waals surface area contributed by atoms with Crippen molar-refractivity contribution in [1.29, 1.82) is 0 Å². The molecule has 0 aromatic heterocycles. The molecule has 2 fully saturated rings. The van der Waals surface area contributed by atoms with Crippen LogP contribution in [-0.4, -0.2) is 63.5 Å². The normalized spacial score (nSPS) is 22.1. The van der Waals surface area contributed by atoms with Gasteiger partial charge in [-0.3, -0.25) is 0 Å². The first kappa shape index (κ1) is 20.0. The van der Waals surface area contributed by atoms with Gasteiger partial charge in [0.05, 0.1) is 25.9 Å². The van der Waals surface area contributed by atoms with E-state index >= 15 is 0 Å². The molecular weight excluding hydrogens is 341 g/mol. The Balaban J connectivity index is 0.00000220. The number of rotatable bonds is 8. The molecule has 0 aromatic rings. The molecule has 4 nitrogen and oxygen atoms in total. The van der Waals surface area contributed by atoms with Gasteiger partial charge in [-0.05, 0) is 44.7 Å². The van der Waals surface area contributed by atoms with Crippen molar-refractivity contribution in [3.63, 3.8) is 0 Å². The number of hydrogen-bond acceptors (Lipinski definition) is 3. The molecule has 2 heterocycles. The number of nitrogens with zero attached hydrogens (tertiary/aromatic N) is 2. The Morgan fingerprint density at radius 1 is 1.00 bits per heavy atom. The molecule has 0 atom stereocenters. The van der Waals surface area contributed by atoms with Crippen LogP contribution in [0.3, 0.4) is 0 Å². The van der Waals surface area contributed by atoms with E-state index in [1.54, 1.807) is 0 Å². The maximum absolute atomic E-state index is 5.80. The predicted molar refractivity (Wildman–Crippen MR) is 82.3 cm³/mol. The molecule has 2 rings (SSSR count). The minimum Gasteiger partial charge on any atom is -0.662 e. The van der Waals surface area contributed by atoms with Gasteiger partial charge in [0.1, 0.15) is 0 Å². The summed E-state index contributed by atoms with van der Waals surface area (Å²) in [7, 11) is 0. The van der Waals surface area contributed by atoms with Gasteiger partial charge in [-0.1, -0.05) is 13.3 Å². The monoisotopic (exact) mass is 372 g/mol. The van der Waals surface area contributed by atoms with Gasteiger partial charge < -0.3 is 19.7 Å². The number of piperidine rings is 2. The van der Waals surface area contributed by atoms with Crippen LogP contribution in [0.4, 0.5) is 0 Å². The molecule has 0 amide bonds. The molecule has 21 heavy (non-hydrogen) atoms. The van der Waals surface area contributed by atoms with E-state index in [2.05, 4.69) is 17.1 Å². The van der Waals surface area contributed by atoms with E-state index in [1.165, 1.54) is 32.4 Å². The molecule has 0 bridgehead atoms. The first-order chi connectivity index (χ1) is 9.88. The summed E-state index contributed by atoms with van der Waals surface area (Å²) in [6.07, 6.45) is 6.68. The smallest absolute Gasteiger partial charge is 0.0704 e. The fourth-order valence-electron chi connectivity index (χ4n) is 3.08. The van der Waals surface area contributed by atoms with Crippen LogP contribution in [0.2, 0.25) is 0 Å². The summed E-state index contributed by atoms with van der Waals surface area (Å²) < 4.78 is 11.5. The van der Waals surface area contributed by atoms with E-state index in [1.807, 2.05) is 0 Å².